The highest BCUT2D eigenvalue weighted by Gasteiger charge is 2.22. The molecule has 0 aliphatic rings. The van der Waals surface area contributed by atoms with Crippen LogP contribution in [0.1, 0.15) is 37.2 Å². The first-order valence-electron chi connectivity index (χ1n) is 8.40. The van der Waals surface area contributed by atoms with E-state index < -0.39 is 5.97 Å². The third-order valence-electron chi connectivity index (χ3n) is 4.31. The molecule has 0 fully saturated rings. The first-order valence-corrected chi connectivity index (χ1v) is 8.40. The highest BCUT2D eigenvalue weighted by atomic mass is 16.5. The van der Waals surface area contributed by atoms with E-state index in [0.29, 0.717) is 5.39 Å². The molecule has 0 aliphatic carbocycles. The minimum absolute atomic E-state index is 0.0108. The van der Waals surface area contributed by atoms with Gasteiger partial charge in [-0.1, -0.05) is 38.3 Å². The molecular formula is C18H24BNO4. The van der Waals surface area contributed by atoms with Gasteiger partial charge in [-0.15, -0.1) is 0 Å². The van der Waals surface area contributed by atoms with Crippen molar-refractivity contribution in [2.75, 3.05) is 13.2 Å². The summed E-state index contributed by atoms with van der Waals surface area (Å²) in [4.78, 5) is 25.0. The van der Waals surface area contributed by atoms with Crippen LogP contribution in [0.25, 0.3) is 10.9 Å². The van der Waals surface area contributed by atoms with Crippen LogP contribution in [-0.4, -0.2) is 36.1 Å². The number of carbonyl (C=O) groups is 1. The maximum atomic E-state index is 12.8. The van der Waals surface area contributed by atoms with Crippen molar-refractivity contribution in [3.8, 4) is 0 Å². The number of benzene rings is 1. The van der Waals surface area contributed by atoms with Crippen LogP contribution in [0.2, 0.25) is 6.82 Å². The van der Waals surface area contributed by atoms with E-state index in [9.17, 15) is 14.7 Å². The number of aromatic nitrogens is 1. The van der Waals surface area contributed by atoms with E-state index in [2.05, 4.69) is 0 Å². The molecule has 128 valence electrons. The zero-order valence-electron chi connectivity index (χ0n) is 14.7. The number of esters is 1. The summed E-state index contributed by atoms with van der Waals surface area (Å²) in [7, 11) is 0.798. The van der Waals surface area contributed by atoms with Gasteiger partial charge < -0.3 is 14.4 Å². The fourth-order valence-corrected chi connectivity index (χ4v) is 2.87. The van der Waals surface area contributed by atoms with Gasteiger partial charge in [-0.05, 0) is 18.9 Å². The molecule has 2 aromatic rings. The van der Waals surface area contributed by atoms with E-state index >= 15 is 0 Å². The Morgan fingerprint density at radius 2 is 2.08 bits per heavy atom. The van der Waals surface area contributed by atoms with Crippen molar-refractivity contribution in [2.24, 2.45) is 5.92 Å². The lowest BCUT2D eigenvalue weighted by Crippen LogP contribution is -2.27. The normalized spacial score (nSPS) is 12.4. The van der Waals surface area contributed by atoms with Crippen LogP contribution < -0.4 is 10.9 Å². The van der Waals surface area contributed by atoms with Gasteiger partial charge in [0.05, 0.1) is 24.8 Å². The van der Waals surface area contributed by atoms with Crippen LogP contribution in [0.3, 0.4) is 0 Å². The largest absolute Gasteiger partial charge is 0.462 e. The van der Waals surface area contributed by atoms with E-state index in [4.69, 9.17) is 4.74 Å². The summed E-state index contributed by atoms with van der Waals surface area (Å²) >= 11 is 0. The van der Waals surface area contributed by atoms with Crippen molar-refractivity contribution in [3.05, 3.63) is 40.2 Å². The second-order valence-electron chi connectivity index (χ2n) is 6.20. The highest BCUT2D eigenvalue weighted by Crippen LogP contribution is 2.22. The smallest absolute Gasteiger partial charge is 0.343 e. The Bertz CT molecular complexity index is 797. The number of fused-ring (bicyclic) bond motifs is 1. The number of aliphatic hydroxyl groups excluding tert-OH is 1. The number of hydrogen-bond donors (Lipinski definition) is 1. The summed E-state index contributed by atoms with van der Waals surface area (Å²) in [6.07, 6.45) is 1.52. The van der Waals surface area contributed by atoms with Crippen LogP contribution in [0.15, 0.2) is 29.2 Å². The minimum Gasteiger partial charge on any atom is -0.462 e. The summed E-state index contributed by atoms with van der Waals surface area (Å²) < 4.78 is 6.85. The lowest BCUT2D eigenvalue weighted by atomic mass is 9.73. The van der Waals surface area contributed by atoms with Crippen molar-refractivity contribution in [1.29, 1.82) is 0 Å². The van der Waals surface area contributed by atoms with Crippen molar-refractivity contribution < 1.29 is 14.6 Å². The SMILES string of the molecule is CBc1ccc2c(c1)c(=O)c(C(=O)OCC)cn2[C@H](CO)C(C)C. The van der Waals surface area contributed by atoms with Crippen LogP contribution in [0.4, 0.5) is 0 Å². The Hall–Kier alpha value is -2.08. The van der Waals surface area contributed by atoms with Gasteiger partial charge in [-0.2, -0.15) is 0 Å². The Kier molecular flexibility index (Phi) is 5.83. The number of carbonyl (C=O) groups excluding carboxylic acids is 1. The van der Waals surface area contributed by atoms with Gasteiger partial charge in [0.1, 0.15) is 5.56 Å². The van der Waals surface area contributed by atoms with Gasteiger partial charge in [0.15, 0.2) is 7.28 Å². The molecule has 1 atom stereocenters. The molecule has 0 radical (unpaired) electrons. The summed E-state index contributed by atoms with van der Waals surface area (Å²) in [6.45, 7) is 7.84. The molecule has 1 aromatic heterocycles. The molecule has 1 aromatic carbocycles. The number of hydrogen-bond acceptors (Lipinski definition) is 4. The predicted octanol–water partition coefficient (Wildman–Crippen LogP) is 1.48. The molecule has 24 heavy (non-hydrogen) atoms. The third kappa shape index (κ3) is 3.38. The molecule has 2 rings (SSSR count). The van der Waals surface area contributed by atoms with Gasteiger partial charge in [0.2, 0.25) is 5.43 Å². The Balaban J connectivity index is 2.82. The zero-order valence-corrected chi connectivity index (χ0v) is 14.7. The molecule has 5 nitrogen and oxygen atoms in total. The molecule has 0 amide bonds. The number of pyridine rings is 1. The monoisotopic (exact) mass is 329 g/mol. The maximum Gasteiger partial charge on any atom is 0.343 e. The Morgan fingerprint density at radius 1 is 1.38 bits per heavy atom. The summed E-state index contributed by atoms with van der Waals surface area (Å²) in [5, 5.41) is 10.3. The minimum atomic E-state index is -0.625. The molecule has 0 saturated heterocycles. The first-order chi connectivity index (χ1) is 11.4. The van der Waals surface area contributed by atoms with Crippen molar-refractivity contribution in [1.82, 2.24) is 4.57 Å². The Labute approximate surface area is 142 Å². The quantitative estimate of drug-likeness (QED) is 0.644. The summed E-state index contributed by atoms with van der Waals surface area (Å²) in [5.74, 6) is -0.484. The molecule has 1 N–H and O–H groups in total. The fraction of sp³-hybridized carbons (Fsp3) is 0.444. The van der Waals surface area contributed by atoms with Crippen LogP contribution >= 0.6 is 0 Å². The number of aliphatic hydroxyl groups is 1. The van der Waals surface area contributed by atoms with Gasteiger partial charge in [0, 0.05) is 11.6 Å². The number of nitrogens with zero attached hydrogens (tertiary/aromatic N) is 1. The van der Waals surface area contributed by atoms with Gasteiger partial charge in [-0.25, -0.2) is 4.79 Å². The molecule has 0 bridgehead atoms. The average Bonchev–Trinajstić information content (AvgIpc) is 2.57. The standard InChI is InChI=1S/C18H24BNO4/c1-5-24-18(23)14-9-20(16(10-21)11(2)3)15-7-6-12(19-4)8-13(15)17(14)22/h6-9,11,16,19,21H,5,10H2,1-4H3/t16-/m1/s1. The second kappa shape index (κ2) is 7.66. The fourth-order valence-electron chi connectivity index (χ4n) is 2.87. The van der Waals surface area contributed by atoms with E-state index in [-0.39, 0.29) is 36.2 Å². The van der Waals surface area contributed by atoms with Crippen LogP contribution in [0, 0.1) is 5.92 Å². The maximum absolute atomic E-state index is 12.8. The number of ether oxygens (including phenoxy) is 1. The molecule has 6 heteroatoms. The van der Waals surface area contributed by atoms with Crippen molar-refractivity contribution >= 4 is 29.6 Å². The summed E-state index contributed by atoms with van der Waals surface area (Å²) in [6, 6.07) is 5.45. The van der Waals surface area contributed by atoms with E-state index in [0.717, 1.165) is 18.3 Å². The van der Waals surface area contributed by atoms with E-state index in [1.54, 1.807) is 6.92 Å². The van der Waals surface area contributed by atoms with Gasteiger partial charge in [-0.3, -0.25) is 4.79 Å². The first kappa shape index (κ1) is 18.3. The molecule has 0 aliphatic heterocycles. The molecule has 0 unspecified atom stereocenters. The topological polar surface area (TPSA) is 68.5 Å². The predicted molar refractivity (Wildman–Crippen MR) is 97.8 cm³/mol. The van der Waals surface area contributed by atoms with Crippen LogP contribution in [-0.2, 0) is 4.74 Å². The molecular weight excluding hydrogens is 305 g/mol. The zero-order chi connectivity index (χ0) is 17.9. The lowest BCUT2D eigenvalue weighted by molar-refractivity contribution is 0.0523. The highest BCUT2D eigenvalue weighted by molar-refractivity contribution is 6.52. The van der Waals surface area contributed by atoms with E-state index in [1.807, 2.05) is 43.4 Å². The molecule has 0 saturated carbocycles. The molecule has 0 spiro atoms. The van der Waals surface area contributed by atoms with E-state index in [1.165, 1.54) is 6.20 Å². The number of rotatable bonds is 6. The second-order valence-corrected chi connectivity index (χ2v) is 6.20. The molecule has 1 heterocycles. The average molecular weight is 329 g/mol. The van der Waals surface area contributed by atoms with Crippen molar-refractivity contribution in [2.45, 2.75) is 33.6 Å². The Morgan fingerprint density at radius 3 is 2.62 bits per heavy atom. The van der Waals surface area contributed by atoms with Crippen molar-refractivity contribution in [3.63, 3.8) is 0 Å². The lowest BCUT2D eigenvalue weighted by Gasteiger charge is -2.25. The third-order valence-corrected chi connectivity index (χ3v) is 4.31. The van der Waals surface area contributed by atoms with Gasteiger partial charge in [0.25, 0.3) is 0 Å². The van der Waals surface area contributed by atoms with Gasteiger partial charge >= 0.3 is 5.97 Å². The summed E-state index contributed by atoms with van der Waals surface area (Å²) in [5.41, 5.74) is 1.43. The van der Waals surface area contributed by atoms with Crippen LogP contribution in [0.5, 0.6) is 0 Å².